The molecule has 15 heavy (non-hydrogen) atoms. The van der Waals surface area contributed by atoms with Crippen molar-refractivity contribution in [1.29, 1.82) is 0 Å². The van der Waals surface area contributed by atoms with Gasteiger partial charge in [-0.05, 0) is 25.2 Å². The zero-order valence-corrected chi connectivity index (χ0v) is 10.9. The van der Waals surface area contributed by atoms with E-state index in [1.165, 1.54) is 44.1 Å². The van der Waals surface area contributed by atoms with E-state index in [4.69, 9.17) is 23.2 Å². The normalized spacial score (nSPS) is 21.7. The first-order chi connectivity index (χ1) is 7.27. The van der Waals surface area contributed by atoms with Crippen LogP contribution in [-0.4, -0.2) is 12.6 Å². The molecule has 1 N–H and O–H groups in total. The molecule has 0 aromatic heterocycles. The minimum Gasteiger partial charge on any atom is -0.309 e. The van der Waals surface area contributed by atoms with Crippen molar-refractivity contribution in [2.75, 3.05) is 6.54 Å². The molecule has 0 saturated heterocycles. The van der Waals surface area contributed by atoms with Crippen molar-refractivity contribution in [3.05, 3.63) is 10.6 Å². The van der Waals surface area contributed by atoms with Gasteiger partial charge in [0, 0.05) is 23.2 Å². The third kappa shape index (κ3) is 4.76. The number of hydrogen-bond acceptors (Lipinski definition) is 1. The van der Waals surface area contributed by atoms with Crippen molar-refractivity contribution in [3.8, 4) is 0 Å². The lowest BCUT2D eigenvalue weighted by molar-refractivity contribution is 0.268. The van der Waals surface area contributed by atoms with E-state index < -0.39 is 0 Å². The molecule has 88 valence electrons. The van der Waals surface area contributed by atoms with E-state index in [1.807, 2.05) is 0 Å². The highest BCUT2D eigenvalue weighted by Gasteiger charge is 2.21. The van der Waals surface area contributed by atoms with Crippen LogP contribution < -0.4 is 5.32 Å². The largest absolute Gasteiger partial charge is 0.309 e. The van der Waals surface area contributed by atoms with Gasteiger partial charge in [-0.15, -0.1) is 0 Å². The van der Waals surface area contributed by atoms with Gasteiger partial charge in [-0.1, -0.05) is 49.4 Å². The summed E-state index contributed by atoms with van der Waals surface area (Å²) in [5.74, 6) is 0.837. The molecule has 0 heterocycles. The van der Waals surface area contributed by atoms with E-state index in [-0.39, 0.29) is 0 Å². The molecule has 1 aliphatic carbocycles. The Kier molecular flexibility index (Phi) is 6.71. The summed E-state index contributed by atoms with van der Waals surface area (Å²) in [5, 5.41) is 4.21. The van der Waals surface area contributed by atoms with Gasteiger partial charge >= 0.3 is 0 Å². The second kappa shape index (κ2) is 7.54. The summed E-state index contributed by atoms with van der Waals surface area (Å²) in [7, 11) is 0. The van der Waals surface area contributed by atoms with Crippen molar-refractivity contribution in [2.24, 2.45) is 5.92 Å². The molecule has 0 radical (unpaired) electrons. The monoisotopic (exact) mass is 249 g/mol. The fourth-order valence-electron chi connectivity index (χ4n) is 2.45. The van der Waals surface area contributed by atoms with Gasteiger partial charge in [0.05, 0.1) is 0 Å². The Morgan fingerprint density at radius 1 is 1.40 bits per heavy atom. The van der Waals surface area contributed by atoms with Crippen LogP contribution in [0.1, 0.15) is 45.4 Å². The molecule has 0 aliphatic heterocycles. The van der Waals surface area contributed by atoms with Crippen LogP contribution in [0, 0.1) is 5.92 Å². The van der Waals surface area contributed by atoms with Gasteiger partial charge in [-0.2, -0.15) is 0 Å². The van der Waals surface area contributed by atoms with E-state index in [0.29, 0.717) is 17.6 Å². The van der Waals surface area contributed by atoms with Gasteiger partial charge in [0.1, 0.15) is 0 Å². The van der Waals surface area contributed by atoms with Crippen molar-refractivity contribution < 1.29 is 0 Å². The van der Waals surface area contributed by atoms with Crippen molar-refractivity contribution >= 4 is 23.2 Å². The predicted octanol–water partition coefficient (Wildman–Crippen LogP) is 4.25. The molecule has 1 aliphatic rings. The highest BCUT2D eigenvalue weighted by atomic mass is 35.5. The van der Waals surface area contributed by atoms with Crippen LogP contribution in [0.3, 0.4) is 0 Å². The fourth-order valence-corrected chi connectivity index (χ4v) is 2.60. The third-order valence-corrected chi connectivity index (χ3v) is 3.93. The molecule has 0 spiro atoms. The molecular weight excluding hydrogens is 229 g/mol. The van der Waals surface area contributed by atoms with Crippen LogP contribution in [0.4, 0.5) is 0 Å². The summed E-state index contributed by atoms with van der Waals surface area (Å²) in [6.45, 7) is 2.95. The Labute approximate surface area is 103 Å². The molecule has 1 nitrogen and oxygen atoms in total. The summed E-state index contributed by atoms with van der Waals surface area (Å²) in [5.41, 5.74) is 1.45. The minimum atomic E-state index is 0.607. The summed E-state index contributed by atoms with van der Waals surface area (Å²) in [6.07, 6.45) is 8.11. The maximum absolute atomic E-state index is 5.87. The quantitative estimate of drug-likeness (QED) is 0.769. The van der Waals surface area contributed by atoms with Gasteiger partial charge in [0.15, 0.2) is 0 Å². The lowest BCUT2D eigenvalue weighted by Crippen LogP contribution is -2.37. The molecule has 0 bridgehead atoms. The number of hydrogen-bond donors (Lipinski definition) is 1. The fraction of sp³-hybridized carbons (Fsp3) is 0.833. The average Bonchev–Trinajstić information content (AvgIpc) is 2.31. The second-order valence-electron chi connectivity index (χ2n) is 4.35. The number of nitrogens with one attached hydrogen (secondary N) is 1. The standard InChI is InChI=1S/C12H21Cl2N/c1-2-12(15-9-11(14)8-13)10-6-4-3-5-7-10/h8,10,12,15H,2-7,9H2,1H3. The van der Waals surface area contributed by atoms with Gasteiger partial charge in [-0.3, -0.25) is 0 Å². The maximum Gasteiger partial charge on any atom is 0.0432 e. The summed E-state index contributed by atoms with van der Waals surface area (Å²) < 4.78 is 0. The Morgan fingerprint density at radius 2 is 2.07 bits per heavy atom. The predicted molar refractivity (Wildman–Crippen MR) is 68.4 cm³/mol. The highest BCUT2D eigenvalue weighted by molar-refractivity contribution is 6.36. The summed E-state index contributed by atoms with van der Waals surface area (Å²) in [4.78, 5) is 0. The lowest BCUT2D eigenvalue weighted by Gasteiger charge is -2.30. The first kappa shape index (κ1) is 13.3. The van der Waals surface area contributed by atoms with Crippen LogP contribution in [0.15, 0.2) is 10.6 Å². The minimum absolute atomic E-state index is 0.607. The topological polar surface area (TPSA) is 12.0 Å². The smallest absolute Gasteiger partial charge is 0.0432 e. The molecule has 1 fully saturated rings. The van der Waals surface area contributed by atoms with E-state index in [9.17, 15) is 0 Å². The third-order valence-electron chi connectivity index (χ3n) is 3.31. The molecule has 0 aromatic rings. The van der Waals surface area contributed by atoms with E-state index in [2.05, 4.69) is 12.2 Å². The Hall–Kier alpha value is 0.280. The second-order valence-corrected chi connectivity index (χ2v) is 5.05. The maximum atomic E-state index is 5.87. The molecular formula is C12H21Cl2N. The number of rotatable bonds is 5. The van der Waals surface area contributed by atoms with Crippen molar-refractivity contribution in [1.82, 2.24) is 5.32 Å². The van der Waals surface area contributed by atoms with E-state index >= 15 is 0 Å². The van der Waals surface area contributed by atoms with Gasteiger partial charge < -0.3 is 5.32 Å². The van der Waals surface area contributed by atoms with Crippen LogP contribution in [-0.2, 0) is 0 Å². The molecule has 1 saturated carbocycles. The molecule has 1 unspecified atom stereocenters. The lowest BCUT2D eigenvalue weighted by atomic mass is 9.83. The Balaban J connectivity index is 2.33. The Bertz CT molecular complexity index is 198. The summed E-state index contributed by atoms with van der Waals surface area (Å²) in [6, 6.07) is 0.607. The highest BCUT2D eigenvalue weighted by Crippen LogP contribution is 2.27. The molecule has 3 heteroatoms. The molecule has 1 rings (SSSR count). The zero-order valence-electron chi connectivity index (χ0n) is 9.44. The average molecular weight is 250 g/mol. The van der Waals surface area contributed by atoms with E-state index in [0.717, 1.165) is 5.92 Å². The van der Waals surface area contributed by atoms with Crippen molar-refractivity contribution in [2.45, 2.75) is 51.5 Å². The zero-order chi connectivity index (χ0) is 11.1. The SMILES string of the molecule is CCC(NCC(Cl)=CCl)C1CCCCC1. The van der Waals surface area contributed by atoms with Crippen LogP contribution in [0.5, 0.6) is 0 Å². The summed E-state index contributed by atoms with van der Waals surface area (Å²) >= 11 is 11.4. The van der Waals surface area contributed by atoms with Gasteiger partial charge in [-0.25, -0.2) is 0 Å². The van der Waals surface area contributed by atoms with Gasteiger partial charge in [0.2, 0.25) is 0 Å². The van der Waals surface area contributed by atoms with Crippen LogP contribution in [0.2, 0.25) is 0 Å². The van der Waals surface area contributed by atoms with Crippen LogP contribution >= 0.6 is 23.2 Å². The van der Waals surface area contributed by atoms with Gasteiger partial charge in [0.25, 0.3) is 0 Å². The first-order valence-corrected chi connectivity index (χ1v) is 6.77. The first-order valence-electron chi connectivity index (χ1n) is 5.96. The molecule has 1 atom stereocenters. The molecule has 0 aromatic carbocycles. The van der Waals surface area contributed by atoms with E-state index in [1.54, 1.807) is 0 Å². The van der Waals surface area contributed by atoms with Crippen LogP contribution in [0.25, 0.3) is 0 Å². The molecule has 0 amide bonds. The Morgan fingerprint density at radius 3 is 2.60 bits per heavy atom. The number of halogens is 2. The van der Waals surface area contributed by atoms with Crippen molar-refractivity contribution in [3.63, 3.8) is 0 Å².